The molecule has 0 aromatic carbocycles. The summed E-state index contributed by atoms with van der Waals surface area (Å²) in [7, 11) is 0.587. The maximum atomic E-state index is 11.3. The van der Waals surface area contributed by atoms with Gasteiger partial charge in [0.2, 0.25) is 0 Å². The lowest BCUT2D eigenvalue weighted by Gasteiger charge is -2.26. The molecule has 0 aromatic rings. The molecular weight excluding hydrogens is 256 g/mol. The van der Waals surface area contributed by atoms with Crippen LogP contribution in [-0.4, -0.2) is 62.0 Å². The van der Waals surface area contributed by atoms with Crippen LogP contribution >= 0.6 is 0 Å². The lowest BCUT2D eigenvalue weighted by molar-refractivity contribution is 0.0513. The first-order valence-corrected chi connectivity index (χ1v) is 7.99. The average Bonchev–Trinajstić information content (AvgIpc) is 2.41. The first kappa shape index (κ1) is 15.4. The van der Waals surface area contributed by atoms with Crippen molar-refractivity contribution in [3.63, 3.8) is 0 Å². The Kier molecular flexibility index (Phi) is 7.21. The molecule has 0 bridgehead atoms. The second-order valence-corrected chi connectivity index (χ2v) is 6.81. The molecule has 1 aliphatic heterocycles. The van der Waals surface area contributed by atoms with Crippen molar-refractivity contribution in [2.75, 3.05) is 47.1 Å². The predicted octanol–water partition coefficient (Wildman–Crippen LogP) is -0.0458. The van der Waals surface area contributed by atoms with Gasteiger partial charge in [0.25, 0.3) is 0 Å². The third-order valence-electron chi connectivity index (χ3n) is 2.65. The van der Waals surface area contributed by atoms with Crippen molar-refractivity contribution >= 4 is 14.8 Å². The van der Waals surface area contributed by atoms with Crippen LogP contribution in [0, 0.1) is 0 Å². The van der Waals surface area contributed by atoms with Crippen LogP contribution in [0.25, 0.3) is 0 Å². The number of hydrogen-bond acceptors (Lipinski definition) is 5. The van der Waals surface area contributed by atoms with Crippen LogP contribution in [0.4, 0.5) is 4.79 Å². The molecule has 18 heavy (non-hydrogen) atoms. The van der Waals surface area contributed by atoms with Gasteiger partial charge in [-0.25, -0.2) is 4.79 Å². The van der Waals surface area contributed by atoms with Crippen LogP contribution in [0.15, 0.2) is 0 Å². The number of carbonyl (C=O) groups excluding carboxylic acids is 1. The molecule has 1 fully saturated rings. The average molecular weight is 278 g/mol. The summed E-state index contributed by atoms with van der Waals surface area (Å²) in [5, 5.41) is 5.46. The molecule has 0 aliphatic carbocycles. The Balaban J connectivity index is 2.49. The number of carbonyl (C=O) groups is 1. The van der Waals surface area contributed by atoms with Crippen LogP contribution in [0.3, 0.4) is 0 Å². The second kappa shape index (κ2) is 8.43. The Labute approximate surface area is 108 Å². The number of urea groups is 1. The van der Waals surface area contributed by atoms with E-state index in [2.05, 4.69) is 10.6 Å². The van der Waals surface area contributed by atoms with Crippen LogP contribution in [0.2, 0.25) is 6.04 Å². The van der Waals surface area contributed by atoms with E-state index in [1.807, 2.05) is 0 Å². The van der Waals surface area contributed by atoms with Crippen molar-refractivity contribution in [2.45, 2.75) is 12.5 Å². The highest BCUT2D eigenvalue weighted by atomic mass is 28.4. The molecule has 106 valence electrons. The maximum absolute atomic E-state index is 11.3. The molecule has 0 aromatic heterocycles. The van der Waals surface area contributed by atoms with Gasteiger partial charge in [0, 0.05) is 33.4 Å². The van der Waals surface area contributed by atoms with Crippen molar-refractivity contribution in [3.05, 3.63) is 0 Å². The minimum atomic E-state index is -2.60. The Morgan fingerprint density at radius 2 is 1.83 bits per heavy atom. The van der Waals surface area contributed by atoms with Crippen LogP contribution in [0.1, 0.15) is 6.42 Å². The number of hydrogen-bond donors (Lipinski definition) is 2. The Morgan fingerprint density at radius 3 is 2.56 bits per heavy atom. The van der Waals surface area contributed by atoms with Gasteiger partial charge in [-0.05, 0) is 6.42 Å². The van der Waals surface area contributed by atoms with Gasteiger partial charge in [-0.15, -0.1) is 0 Å². The number of amides is 2. The van der Waals surface area contributed by atoms with Crippen LogP contribution in [-0.2, 0) is 18.0 Å². The molecule has 1 aliphatic rings. The zero-order chi connectivity index (χ0) is 13.3. The summed E-state index contributed by atoms with van der Waals surface area (Å²) in [6.07, 6.45) is 0.752. The smallest absolute Gasteiger partial charge is 0.377 e. The highest BCUT2D eigenvalue weighted by Gasteiger charge is 2.38. The van der Waals surface area contributed by atoms with E-state index < -0.39 is 8.80 Å². The lowest BCUT2D eigenvalue weighted by atomic mass is 10.5. The molecule has 2 amide bonds. The van der Waals surface area contributed by atoms with Gasteiger partial charge in [0.15, 0.2) is 0 Å². The van der Waals surface area contributed by atoms with E-state index in [1.165, 1.54) is 0 Å². The molecule has 7 nitrogen and oxygen atoms in total. The molecule has 0 spiro atoms. The summed E-state index contributed by atoms with van der Waals surface area (Å²) in [5.41, 5.74) is 0. The first-order chi connectivity index (χ1) is 8.72. The van der Waals surface area contributed by atoms with E-state index >= 15 is 0 Å². The fourth-order valence-electron chi connectivity index (χ4n) is 1.64. The third-order valence-corrected chi connectivity index (χ3v) is 5.50. The highest BCUT2D eigenvalue weighted by molar-refractivity contribution is 6.60. The number of nitrogens with one attached hydrogen (secondary N) is 2. The van der Waals surface area contributed by atoms with Gasteiger partial charge in [-0.3, -0.25) is 0 Å². The minimum Gasteiger partial charge on any atom is -0.377 e. The lowest BCUT2D eigenvalue weighted by Crippen LogP contribution is -2.45. The highest BCUT2D eigenvalue weighted by Crippen LogP contribution is 2.15. The zero-order valence-corrected chi connectivity index (χ0v) is 12.0. The summed E-state index contributed by atoms with van der Waals surface area (Å²) >= 11 is 0. The molecular formula is C10H22N2O5Si. The van der Waals surface area contributed by atoms with Crippen LogP contribution < -0.4 is 10.6 Å². The Bertz CT molecular complexity index is 250. The van der Waals surface area contributed by atoms with Gasteiger partial charge < -0.3 is 28.6 Å². The third kappa shape index (κ3) is 5.32. The van der Waals surface area contributed by atoms with Gasteiger partial charge >= 0.3 is 14.8 Å². The number of rotatable bonds is 2. The molecule has 0 saturated carbocycles. The van der Waals surface area contributed by atoms with Gasteiger partial charge in [0.1, 0.15) is 0 Å². The molecule has 8 heteroatoms. The molecule has 0 unspecified atom stereocenters. The standard InChI is InChI=1S/C10H22N2O5Si/c1-14-18(15-2)9-3-4-11-10(13)12-5-6-16-7-8-17-18/h3-9H2,1-2H3,(H2,11,12,13). The fourth-order valence-corrected chi connectivity index (χ4v) is 3.60. The predicted molar refractivity (Wildman–Crippen MR) is 67.4 cm³/mol. The van der Waals surface area contributed by atoms with E-state index in [0.29, 0.717) is 39.0 Å². The van der Waals surface area contributed by atoms with Crippen molar-refractivity contribution in [1.82, 2.24) is 10.6 Å². The van der Waals surface area contributed by atoms with E-state index in [9.17, 15) is 4.79 Å². The van der Waals surface area contributed by atoms with E-state index in [-0.39, 0.29) is 6.03 Å². The second-order valence-electron chi connectivity index (χ2n) is 3.84. The quantitative estimate of drug-likeness (QED) is 0.693. The normalized spacial score (nSPS) is 22.9. The van der Waals surface area contributed by atoms with E-state index in [0.717, 1.165) is 6.42 Å². The zero-order valence-electron chi connectivity index (χ0n) is 11.0. The SMILES string of the molecule is CO[Si]1(OC)CCCNC(=O)NCCOCCO1. The molecule has 1 saturated heterocycles. The summed E-state index contributed by atoms with van der Waals surface area (Å²) in [5.74, 6) is 0. The molecule has 2 N–H and O–H groups in total. The molecule has 0 atom stereocenters. The van der Waals surface area contributed by atoms with Gasteiger partial charge in [-0.1, -0.05) is 0 Å². The van der Waals surface area contributed by atoms with Crippen molar-refractivity contribution in [1.29, 1.82) is 0 Å². The molecule has 1 rings (SSSR count). The monoisotopic (exact) mass is 278 g/mol. The summed E-state index contributed by atoms with van der Waals surface area (Å²) in [4.78, 5) is 11.3. The maximum Gasteiger partial charge on any atom is 0.500 e. The summed E-state index contributed by atoms with van der Waals surface area (Å²) in [6, 6.07) is 0.487. The van der Waals surface area contributed by atoms with Crippen LogP contribution in [0.5, 0.6) is 0 Å². The topological polar surface area (TPSA) is 78.1 Å². The van der Waals surface area contributed by atoms with Crippen molar-refractivity contribution in [2.24, 2.45) is 0 Å². The first-order valence-electron chi connectivity index (χ1n) is 6.06. The molecule has 0 radical (unpaired) electrons. The van der Waals surface area contributed by atoms with Gasteiger partial charge in [0.05, 0.1) is 19.8 Å². The number of ether oxygens (including phenoxy) is 1. The fraction of sp³-hybridized carbons (Fsp3) is 0.900. The Hall–Kier alpha value is -0.673. The van der Waals surface area contributed by atoms with E-state index in [1.54, 1.807) is 14.2 Å². The minimum absolute atomic E-state index is 0.180. The van der Waals surface area contributed by atoms with Crippen molar-refractivity contribution < 1.29 is 22.8 Å². The Morgan fingerprint density at radius 1 is 1.11 bits per heavy atom. The molecule has 1 heterocycles. The van der Waals surface area contributed by atoms with Gasteiger partial charge in [-0.2, -0.15) is 0 Å². The summed E-state index contributed by atoms with van der Waals surface area (Å²) in [6.45, 7) is 2.42. The summed E-state index contributed by atoms with van der Waals surface area (Å²) < 4.78 is 21.8. The van der Waals surface area contributed by atoms with Crippen molar-refractivity contribution in [3.8, 4) is 0 Å². The largest absolute Gasteiger partial charge is 0.500 e. The van der Waals surface area contributed by atoms with E-state index in [4.69, 9.17) is 18.0 Å².